The Kier molecular flexibility index (Phi) is 4.73. The first-order valence-electron chi connectivity index (χ1n) is 7.53. The Bertz CT molecular complexity index is 700. The normalized spacial score (nSPS) is 21.4. The van der Waals surface area contributed by atoms with Crippen LogP contribution in [0.2, 0.25) is 0 Å². The van der Waals surface area contributed by atoms with Crippen molar-refractivity contribution >= 4 is 16.2 Å². The first-order valence-corrected chi connectivity index (χ1v) is 8.97. The molecule has 2 N–H and O–H groups in total. The molecule has 1 amide bonds. The van der Waals surface area contributed by atoms with Gasteiger partial charge in [0.2, 0.25) is 0 Å². The van der Waals surface area contributed by atoms with Gasteiger partial charge in [0.05, 0.1) is 4.90 Å². The molecule has 1 aliphatic carbocycles. The molecular formula is C16H23NO5S. The molecule has 0 aromatic heterocycles. The number of alkyl carbamates (subject to hydrolysis) is 1. The van der Waals surface area contributed by atoms with E-state index in [2.05, 4.69) is 5.32 Å². The molecule has 0 saturated heterocycles. The highest BCUT2D eigenvalue weighted by atomic mass is 32.2. The van der Waals surface area contributed by atoms with Gasteiger partial charge in [0.15, 0.2) is 0 Å². The number of aryl methyl sites for hydroxylation is 1. The third-order valence-corrected chi connectivity index (χ3v) is 4.67. The molecular weight excluding hydrogens is 318 g/mol. The highest BCUT2D eigenvalue weighted by molar-refractivity contribution is 7.85. The molecule has 7 heteroatoms. The zero-order chi connectivity index (χ0) is 17.4. The van der Waals surface area contributed by atoms with Gasteiger partial charge in [-0.2, -0.15) is 8.42 Å². The number of hydrogen-bond donors (Lipinski definition) is 2. The SMILES string of the molecule is Cc1ccc(S(=O)(=O)O)c(C2CC(NC(=O)OC(C)(C)C)C2)c1. The molecule has 1 fully saturated rings. The molecule has 6 nitrogen and oxygen atoms in total. The third kappa shape index (κ3) is 4.68. The van der Waals surface area contributed by atoms with Crippen molar-refractivity contribution in [2.24, 2.45) is 0 Å². The van der Waals surface area contributed by atoms with E-state index in [-0.39, 0.29) is 16.9 Å². The molecule has 0 heterocycles. The summed E-state index contributed by atoms with van der Waals surface area (Å²) in [5.41, 5.74) is 0.979. The van der Waals surface area contributed by atoms with Gasteiger partial charge >= 0.3 is 6.09 Å². The molecule has 1 aromatic rings. The number of carbonyl (C=O) groups is 1. The highest BCUT2D eigenvalue weighted by Gasteiger charge is 2.35. The van der Waals surface area contributed by atoms with Crippen molar-refractivity contribution in [3.05, 3.63) is 29.3 Å². The number of rotatable bonds is 3. The molecule has 128 valence electrons. The maximum Gasteiger partial charge on any atom is 0.407 e. The Balaban J connectivity index is 2.03. The fraction of sp³-hybridized carbons (Fsp3) is 0.562. The van der Waals surface area contributed by atoms with Crippen molar-refractivity contribution in [2.75, 3.05) is 0 Å². The minimum absolute atomic E-state index is 0.00763. The van der Waals surface area contributed by atoms with E-state index in [1.54, 1.807) is 32.9 Å². The summed E-state index contributed by atoms with van der Waals surface area (Å²) in [6.45, 7) is 7.25. The lowest BCUT2D eigenvalue weighted by Gasteiger charge is -2.37. The van der Waals surface area contributed by atoms with Gasteiger partial charge in [-0.3, -0.25) is 4.55 Å². The van der Waals surface area contributed by atoms with Gasteiger partial charge in [-0.15, -0.1) is 0 Å². The molecule has 0 atom stereocenters. The average Bonchev–Trinajstić information content (AvgIpc) is 2.29. The molecule has 0 spiro atoms. The average molecular weight is 341 g/mol. The summed E-state index contributed by atoms with van der Waals surface area (Å²) >= 11 is 0. The quantitative estimate of drug-likeness (QED) is 0.825. The third-order valence-electron chi connectivity index (χ3n) is 3.74. The van der Waals surface area contributed by atoms with Gasteiger partial charge in [0, 0.05) is 6.04 Å². The summed E-state index contributed by atoms with van der Waals surface area (Å²) in [7, 11) is -4.25. The summed E-state index contributed by atoms with van der Waals surface area (Å²) in [5, 5.41) is 2.77. The smallest absolute Gasteiger partial charge is 0.407 e. The van der Waals surface area contributed by atoms with Crippen LogP contribution in [-0.2, 0) is 14.9 Å². The number of hydrogen-bond acceptors (Lipinski definition) is 4. The Morgan fingerprint density at radius 1 is 1.30 bits per heavy atom. The summed E-state index contributed by atoms with van der Waals surface area (Å²) in [6.07, 6.45) is 0.761. The minimum atomic E-state index is -4.25. The number of amides is 1. The predicted molar refractivity (Wildman–Crippen MR) is 86.1 cm³/mol. The van der Waals surface area contributed by atoms with E-state index in [1.807, 2.05) is 6.92 Å². The van der Waals surface area contributed by atoms with Crippen molar-refractivity contribution in [1.82, 2.24) is 5.32 Å². The Hall–Kier alpha value is -1.60. The number of carbonyl (C=O) groups excluding carboxylic acids is 1. The predicted octanol–water partition coefficient (Wildman–Crippen LogP) is 3.01. The summed E-state index contributed by atoms with van der Waals surface area (Å²) in [4.78, 5) is 11.7. The maximum absolute atomic E-state index is 11.7. The van der Waals surface area contributed by atoms with E-state index >= 15 is 0 Å². The number of benzene rings is 1. The largest absolute Gasteiger partial charge is 0.444 e. The van der Waals surface area contributed by atoms with Crippen molar-refractivity contribution in [1.29, 1.82) is 0 Å². The van der Waals surface area contributed by atoms with Gasteiger partial charge in [0.25, 0.3) is 10.1 Å². The topological polar surface area (TPSA) is 92.7 Å². The lowest BCUT2D eigenvalue weighted by Crippen LogP contribution is -2.45. The lowest BCUT2D eigenvalue weighted by molar-refractivity contribution is 0.0470. The van der Waals surface area contributed by atoms with Gasteiger partial charge < -0.3 is 10.1 Å². The summed E-state index contributed by atoms with van der Waals surface area (Å²) < 4.78 is 37.5. The van der Waals surface area contributed by atoms with Crippen LogP contribution in [0, 0.1) is 6.92 Å². The van der Waals surface area contributed by atoms with E-state index in [0.29, 0.717) is 18.4 Å². The van der Waals surface area contributed by atoms with Crippen LogP contribution in [0.4, 0.5) is 4.79 Å². The lowest BCUT2D eigenvalue weighted by atomic mass is 9.75. The van der Waals surface area contributed by atoms with Gasteiger partial charge in [-0.25, -0.2) is 4.79 Å². The fourth-order valence-corrected chi connectivity index (χ4v) is 3.45. The van der Waals surface area contributed by atoms with Crippen LogP contribution < -0.4 is 5.32 Å². The molecule has 23 heavy (non-hydrogen) atoms. The molecule has 0 unspecified atom stereocenters. The minimum Gasteiger partial charge on any atom is -0.444 e. The second kappa shape index (κ2) is 6.13. The number of ether oxygens (including phenoxy) is 1. The monoisotopic (exact) mass is 341 g/mol. The molecule has 1 aliphatic rings. The Morgan fingerprint density at radius 2 is 1.91 bits per heavy atom. The van der Waals surface area contributed by atoms with Crippen LogP contribution in [0.5, 0.6) is 0 Å². The van der Waals surface area contributed by atoms with E-state index in [0.717, 1.165) is 5.56 Å². The van der Waals surface area contributed by atoms with Gasteiger partial charge in [0.1, 0.15) is 5.60 Å². The number of nitrogens with one attached hydrogen (secondary N) is 1. The van der Waals surface area contributed by atoms with E-state index in [1.165, 1.54) is 6.07 Å². The van der Waals surface area contributed by atoms with E-state index in [9.17, 15) is 17.8 Å². The summed E-state index contributed by atoms with van der Waals surface area (Å²) in [6, 6.07) is 4.80. The second-order valence-electron chi connectivity index (χ2n) is 7.03. The maximum atomic E-state index is 11.7. The molecule has 1 saturated carbocycles. The van der Waals surface area contributed by atoms with Gasteiger partial charge in [-0.1, -0.05) is 17.7 Å². The van der Waals surface area contributed by atoms with Crippen LogP contribution in [0.25, 0.3) is 0 Å². The highest BCUT2D eigenvalue weighted by Crippen LogP contribution is 2.40. The molecule has 0 aliphatic heterocycles. The van der Waals surface area contributed by atoms with Crippen molar-refractivity contribution < 1.29 is 22.5 Å². The van der Waals surface area contributed by atoms with Crippen LogP contribution in [0.3, 0.4) is 0 Å². The molecule has 2 rings (SSSR count). The second-order valence-corrected chi connectivity index (χ2v) is 8.42. The van der Waals surface area contributed by atoms with Crippen LogP contribution >= 0.6 is 0 Å². The van der Waals surface area contributed by atoms with Crippen molar-refractivity contribution in [2.45, 2.75) is 63.0 Å². The van der Waals surface area contributed by atoms with Crippen molar-refractivity contribution in [3.63, 3.8) is 0 Å². The zero-order valence-electron chi connectivity index (χ0n) is 13.8. The first-order chi connectivity index (χ1) is 10.5. The molecule has 0 bridgehead atoms. The van der Waals surface area contributed by atoms with E-state index in [4.69, 9.17) is 4.74 Å². The van der Waals surface area contributed by atoms with Crippen LogP contribution in [0.15, 0.2) is 23.1 Å². The molecule has 0 radical (unpaired) electrons. The van der Waals surface area contributed by atoms with Gasteiger partial charge in [-0.05, 0) is 58.1 Å². The fourth-order valence-electron chi connectivity index (χ4n) is 2.69. The van der Waals surface area contributed by atoms with Crippen LogP contribution in [-0.4, -0.2) is 30.7 Å². The standard InChI is InChI=1S/C16H23NO5S/c1-10-5-6-14(23(19,20)21)13(7-10)11-8-12(9-11)17-15(18)22-16(2,3)4/h5-7,11-12H,8-9H2,1-4H3,(H,17,18)(H,19,20,21). The Labute approximate surface area is 137 Å². The zero-order valence-corrected chi connectivity index (χ0v) is 14.6. The molecule has 1 aromatic carbocycles. The van der Waals surface area contributed by atoms with Crippen molar-refractivity contribution in [3.8, 4) is 0 Å². The van der Waals surface area contributed by atoms with E-state index < -0.39 is 21.8 Å². The first kappa shape index (κ1) is 17.7. The Morgan fingerprint density at radius 3 is 2.43 bits per heavy atom. The van der Waals surface area contributed by atoms with Crippen LogP contribution in [0.1, 0.15) is 50.7 Å². The summed E-state index contributed by atoms with van der Waals surface area (Å²) in [5.74, 6) is -0.00763.